The third kappa shape index (κ3) is 4.56. The lowest BCUT2D eigenvalue weighted by Crippen LogP contribution is -2.45. The first-order valence-electron chi connectivity index (χ1n) is 5.20. The molecule has 0 unspecified atom stereocenters. The number of nitrogens with one attached hydrogen (secondary N) is 1. The topological polar surface area (TPSA) is 29.1 Å². The van der Waals surface area contributed by atoms with Crippen LogP contribution in [0.3, 0.4) is 0 Å². The van der Waals surface area contributed by atoms with Crippen molar-refractivity contribution in [2.24, 2.45) is 5.41 Å². The van der Waals surface area contributed by atoms with Crippen LogP contribution in [0.4, 0.5) is 0 Å². The van der Waals surface area contributed by atoms with E-state index in [1.165, 1.54) is 0 Å². The van der Waals surface area contributed by atoms with Gasteiger partial charge in [0.2, 0.25) is 0 Å². The highest BCUT2D eigenvalue weighted by Crippen LogP contribution is 2.18. The molecule has 1 N–H and O–H groups in total. The van der Waals surface area contributed by atoms with Crippen molar-refractivity contribution >= 4 is 5.78 Å². The summed E-state index contributed by atoms with van der Waals surface area (Å²) in [5.41, 5.74) is -0.282. The Balaban J connectivity index is 4.48. The third-order valence-electron chi connectivity index (χ3n) is 1.99. The average molecular weight is 197 g/mol. The molecule has 0 heterocycles. The van der Waals surface area contributed by atoms with Crippen molar-refractivity contribution < 1.29 is 4.79 Å². The summed E-state index contributed by atoms with van der Waals surface area (Å²) >= 11 is 0. The van der Waals surface area contributed by atoms with Crippen LogP contribution in [-0.2, 0) is 4.79 Å². The molecule has 0 aromatic rings. The maximum atomic E-state index is 12.0. The second kappa shape index (κ2) is 5.30. The van der Waals surface area contributed by atoms with Crippen molar-refractivity contribution in [3.05, 3.63) is 12.7 Å². The second-order valence-electron chi connectivity index (χ2n) is 5.01. The minimum absolute atomic E-state index is 0.0903. The monoisotopic (exact) mass is 197 g/mol. The standard InChI is InChI=1S/C12H23NO/c1-7-8-10(13-9(2)3)11(14)12(4,5)6/h7,9-10,13H,1,8H2,2-6H3/t10-/m0/s1. The Bertz CT molecular complexity index is 201. The van der Waals surface area contributed by atoms with E-state index >= 15 is 0 Å². The molecule has 2 nitrogen and oxygen atoms in total. The van der Waals surface area contributed by atoms with E-state index in [1.807, 2.05) is 34.6 Å². The van der Waals surface area contributed by atoms with Crippen LogP contribution in [0.5, 0.6) is 0 Å². The van der Waals surface area contributed by atoms with Crippen LogP contribution in [0.25, 0.3) is 0 Å². The van der Waals surface area contributed by atoms with Crippen LogP contribution in [0.1, 0.15) is 41.0 Å². The number of carbonyl (C=O) groups is 1. The summed E-state index contributed by atoms with van der Waals surface area (Å²) in [6.45, 7) is 13.6. The molecular weight excluding hydrogens is 174 g/mol. The van der Waals surface area contributed by atoms with Crippen molar-refractivity contribution in [1.82, 2.24) is 5.32 Å². The largest absolute Gasteiger partial charge is 0.305 e. The molecule has 2 heteroatoms. The van der Waals surface area contributed by atoms with Gasteiger partial charge in [0, 0.05) is 11.5 Å². The van der Waals surface area contributed by atoms with Gasteiger partial charge in [-0.2, -0.15) is 0 Å². The van der Waals surface area contributed by atoms with Gasteiger partial charge >= 0.3 is 0 Å². The maximum Gasteiger partial charge on any atom is 0.155 e. The predicted octanol–water partition coefficient (Wildman–Crippen LogP) is 2.54. The van der Waals surface area contributed by atoms with Gasteiger partial charge < -0.3 is 5.32 Å². The number of ketones is 1. The zero-order chi connectivity index (χ0) is 11.4. The molecule has 82 valence electrons. The van der Waals surface area contributed by atoms with Gasteiger partial charge in [0.15, 0.2) is 5.78 Å². The third-order valence-corrected chi connectivity index (χ3v) is 1.99. The Hall–Kier alpha value is -0.630. The average Bonchev–Trinajstić information content (AvgIpc) is 2.00. The van der Waals surface area contributed by atoms with Gasteiger partial charge in [0.25, 0.3) is 0 Å². The fourth-order valence-electron chi connectivity index (χ4n) is 1.34. The maximum absolute atomic E-state index is 12.0. The zero-order valence-corrected chi connectivity index (χ0v) is 10.1. The SMILES string of the molecule is C=CC[C@H](NC(C)C)C(=O)C(C)(C)C. The van der Waals surface area contributed by atoms with Crippen LogP contribution in [0.15, 0.2) is 12.7 Å². The van der Waals surface area contributed by atoms with Crippen LogP contribution >= 0.6 is 0 Å². The highest BCUT2D eigenvalue weighted by Gasteiger charge is 2.28. The van der Waals surface area contributed by atoms with Crippen molar-refractivity contribution in [3.8, 4) is 0 Å². The summed E-state index contributed by atoms with van der Waals surface area (Å²) in [5.74, 6) is 0.256. The molecule has 0 radical (unpaired) electrons. The Kier molecular flexibility index (Phi) is 5.06. The molecule has 0 aliphatic rings. The Morgan fingerprint density at radius 3 is 2.21 bits per heavy atom. The predicted molar refractivity (Wildman–Crippen MR) is 61.3 cm³/mol. The Morgan fingerprint density at radius 1 is 1.43 bits per heavy atom. The van der Waals surface area contributed by atoms with E-state index < -0.39 is 0 Å². The molecule has 0 rings (SSSR count). The number of rotatable bonds is 5. The molecule has 14 heavy (non-hydrogen) atoms. The fourth-order valence-corrected chi connectivity index (χ4v) is 1.34. The summed E-state index contributed by atoms with van der Waals surface area (Å²) in [5, 5.41) is 3.27. The van der Waals surface area contributed by atoms with E-state index in [0.29, 0.717) is 12.5 Å². The molecule has 0 aliphatic carbocycles. The van der Waals surface area contributed by atoms with Gasteiger partial charge in [-0.05, 0) is 6.42 Å². The van der Waals surface area contributed by atoms with Gasteiger partial charge in [-0.3, -0.25) is 4.79 Å². The van der Waals surface area contributed by atoms with Gasteiger partial charge in [-0.1, -0.05) is 40.7 Å². The summed E-state index contributed by atoms with van der Waals surface area (Å²) < 4.78 is 0. The van der Waals surface area contributed by atoms with E-state index in [9.17, 15) is 4.79 Å². The molecule has 0 aromatic heterocycles. The smallest absolute Gasteiger partial charge is 0.155 e. The fraction of sp³-hybridized carbons (Fsp3) is 0.750. The second-order valence-corrected chi connectivity index (χ2v) is 5.01. The minimum atomic E-state index is -0.282. The van der Waals surface area contributed by atoms with Gasteiger partial charge in [-0.15, -0.1) is 6.58 Å². The molecule has 0 aromatic carbocycles. The van der Waals surface area contributed by atoms with Gasteiger partial charge in [0.05, 0.1) is 6.04 Å². The minimum Gasteiger partial charge on any atom is -0.305 e. The molecule has 0 spiro atoms. The van der Waals surface area contributed by atoms with Crippen molar-refractivity contribution in [1.29, 1.82) is 0 Å². The Morgan fingerprint density at radius 2 is 1.93 bits per heavy atom. The van der Waals surface area contributed by atoms with Crippen LogP contribution in [0.2, 0.25) is 0 Å². The zero-order valence-electron chi connectivity index (χ0n) is 10.1. The van der Waals surface area contributed by atoms with Crippen LogP contribution in [-0.4, -0.2) is 17.9 Å². The van der Waals surface area contributed by atoms with E-state index in [0.717, 1.165) is 0 Å². The number of hydrogen-bond acceptors (Lipinski definition) is 2. The van der Waals surface area contributed by atoms with Crippen molar-refractivity contribution in [2.75, 3.05) is 0 Å². The molecule has 1 atom stereocenters. The molecular formula is C12H23NO. The highest BCUT2D eigenvalue weighted by molar-refractivity contribution is 5.88. The molecule has 0 amide bonds. The highest BCUT2D eigenvalue weighted by atomic mass is 16.1. The van der Waals surface area contributed by atoms with Crippen LogP contribution < -0.4 is 5.32 Å². The van der Waals surface area contributed by atoms with Crippen molar-refractivity contribution in [2.45, 2.75) is 53.1 Å². The first-order chi connectivity index (χ1) is 6.29. The number of Topliss-reactive ketones (excluding diaryl/α,β-unsaturated/α-hetero) is 1. The quantitative estimate of drug-likeness (QED) is 0.686. The normalized spacial score (nSPS) is 14.1. The van der Waals surface area contributed by atoms with Gasteiger partial charge in [-0.25, -0.2) is 0 Å². The lowest BCUT2D eigenvalue weighted by Gasteiger charge is -2.26. The van der Waals surface area contributed by atoms with E-state index in [2.05, 4.69) is 11.9 Å². The van der Waals surface area contributed by atoms with Crippen LogP contribution in [0, 0.1) is 5.41 Å². The Labute approximate surface area is 87.8 Å². The van der Waals surface area contributed by atoms with Crippen molar-refractivity contribution in [3.63, 3.8) is 0 Å². The molecule has 0 saturated heterocycles. The summed E-state index contributed by atoms with van der Waals surface area (Å²) in [6, 6.07) is 0.235. The summed E-state index contributed by atoms with van der Waals surface area (Å²) in [4.78, 5) is 12.0. The summed E-state index contributed by atoms with van der Waals surface area (Å²) in [6.07, 6.45) is 2.50. The summed E-state index contributed by atoms with van der Waals surface area (Å²) in [7, 11) is 0. The number of carbonyl (C=O) groups excluding carboxylic acids is 1. The lowest BCUT2D eigenvalue weighted by molar-refractivity contribution is -0.128. The van der Waals surface area contributed by atoms with Gasteiger partial charge in [0.1, 0.15) is 0 Å². The molecule has 0 bridgehead atoms. The number of hydrogen-bond donors (Lipinski definition) is 1. The lowest BCUT2D eigenvalue weighted by atomic mass is 9.85. The molecule has 0 fully saturated rings. The van der Waals surface area contributed by atoms with E-state index in [-0.39, 0.29) is 17.2 Å². The molecule has 0 saturated carbocycles. The first-order valence-corrected chi connectivity index (χ1v) is 5.20. The molecule has 0 aliphatic heterocycles. The van der Waals surface area contributed by atoms with E-state index in [1.54, 1.807) is 6.08 Å². The first kappa shape index (κ1) is 13.4. The van der Waals surface area contributed by atoms with E-state index in [4.69, 9.17) is 0 Å².